The van der Waals surface area contributed by atoms with Crippen LogP contribution in [0.3, 0.4) is 0 Å². The third kappa shape index (κ3) is 7.47. The summed E-state index contributed by atoms with van der Waals surface area (Å²) in [5.74, 6) is 1.10. The number of carbonyl (C=O) groups is 1. The lowest BCUT2D eigenvalue weighted by Crippen LogP contribution is -2.33. The highest BCUT2D eigenvalue weighted by molar-refractivity contribution is 7.92. The summed E-state index contributed by atoms with van der Waals surface area (Å²) in [7, 11) is -2.02. The predicted octanol–water partition coefficient (Wildman–Crippen LogP) is 3.36. The second kappa shape index (κ2) is 11.0. The Morgan fingerprint density at radius 2 is 1.81 bits per heavy atom. The number of anilines is 1. The molecular formula is C23H32N2O5S. The lowest BCUT2D eigenvalue weighted by molar-refractivity contribution is -0.121. The number of carbonyl (C=O) groups excluding carboxylic acids is 1. The molecule has 0 spiro atoms. The van der Waals surface area contributed by atoms with Crippen molar-refractivity contribution < 1.29 is 22.7 Å². The maximum atomic E-state index is 12.3. The van der Waals surface area contributed by atoms with Crippen molar-refractivity contribution in [3.05, 3.63) is 53.1 Å². The van der Waals surface area contributed by atoms with E-state index in [0.717, 1.165) is 23.1 Å². The van der Waals surface area contributed by atoms with Crippen molar-refractivity contribution in [2.24, 2.45) is 0 Å². The Kier molecular flexibility index (Phi) is 8.74. The zero-order valence-electron chi connectivity index (χ0n) is 18.9. The molecule has 0 unspecified atom stereocenters. The second-order valence-electron chi connectivity index (χ2n) is 7.56. The van der Waals surface area contributed by atoms with Crippen LogP contribution in [0, 0.1) is 20.8 Å². The molecule has 0 atom stereocenters. The Labute approximate surface area is 185 Å². The lowest BCUT2D eigenvalue weighted by atomic mass is 10.1. The zero-order chi connectivity index (χ0) is 23.0. The molecule has 0 radical (unpaired) electrons. The third-order valence-corrected chi connectivity index (χ3v) is 6.12. The maximum Gasteiger partial charge on any atom is 0.232 e. The Hall–Kier alpha value is -2.74. The normalized spacial score (nSPS) is 11.1. The van der Waals surface area contributed by atoms with Crippen LogP contribution >= 0.6 is 0 Å². The first-order chi connectivity index (χ1) is 14.6. The van der Waals surface area contributed by atoms with E-state index in [2.05, 4.69) is 5.32 Å². The van der Waals surface area contributed by atoms with Gasteiger partial charge in [0.15, 0.2) is 0 Å². The van der Waals surface area contributed by atoms with Gasteiger partial charge in [0, 0.05) is 13.0 Å². The number of ether oxygens (including phenoxy) is 2. The lowest BCUT2D eigenvalue weighted by Gasteiger charge is -2.24. The fraction of sp³-hybridized carbons (Fsp3) is 0.435. The van der Waals surface area contributed by atoms with E-state index in [4.69, 9.17) is 9.47 Å². The number of methoxy groups -OCH3 is 1. The van der Waals surface area contributed by atoms with Gasteiger partial charge >= 0.3 is 0 Å². The van der Waals surface area contributed by atoms with Gasteiger partial charge in [-0.3, -0.25) is 9.10 Å². The van der Waals surface area contributed by atoms with Crippen LogP contribution in [0.2, 0.25) is 0 Å². The number of rotatable bonds is 11. The van der Waals surface area contributed by atoms with Gasteiger partial charge in [-0.1, -0.05) is 12.1 Å². The molecule has 2 aromatic rings. The molecule has 8 heteroatoms. The Bertz CT molecular complexity index is 1010. The van der Waals surface area contributed by atoms with Crippen LogP contribution in [0.4, 0.5) is 5.69 Å². The van der Waals surface area contributed by atoms with Crippen molar-refractivity contribution in [3.63, 3.8) is 0 Å². The molecule has 2 aromatic carbocycles. The Morgan fingerprint density at radius 1 is 1.06 bits per heavy atom. The van der Waals surface area contributed by atoms with Crippen molar-refractivity contribution in [2.45, 2.75) is 33.6 Å². The van der Waals surface area contributed by atoms with Gasteiger partial charge in [0.05, 0.1) is 25.6 Å². The number of hydrogen-bond acceptors (Lipinski definition) is 5. The summed E-state index contributed by atoms with van der Waals surface area (Å²) in [6.07, 6.45) is 1.75. The summed E-state index contributed by atoms with van der Waals surface area (Å²) in [6.45, 7) is 6.88. The summed E-state index contributed by atoms with van der Waals surface area (Å²) in [5.41, 5.74) is 3.76. The number of hydrogen-bond donors (Lipinski definition) is 1. The molecule has 1 N–H and O–H groups in total. The SMILES string of the molecule is COc1ccc(C)cc1N(CCCC(=O)NCCOc1ccc(C)c(C)c1)S(C)(=O)=O. The van der Waals surface area contributed by atoms with Gasteiger partial charge in [-0.25, -0.2) is 8.42 Å². The average molecular weight is 449 g/mol. The summed E-state index contributed by atoms with van der Waals surface area (Å²) in [4.78, 5) is 12.1. The molecular weight excluding hydrogens is 416 g/mol. The zero-order valence-corrected chi connectivity index (χ0v) is 19.7. The molecule has 170 valence electrons. The van der Waals surface area contributed by atoms with E-state index >= 15 is 0 Å². The van der Waals surface area contributed by atoms with Gasteiger partial charge in [0.25, 0.3) is 0 Å². The quantitative estimate of drug-likeness (QED) is 0.533. The minimum Gasteiger partial charge on any atom is -0.495 e. The summed E-state index contributed by atoms with van der Waals surface area (Å²) >= 11 is 0. The number of benzene rings is 2. The van der Waals surface area contributed by atoms with Crippen molar-refractivity contribution in [1.82, 2.24) is 5.32 Å². The molecule has 0 bridgehead atoms. The Morgan fingerprint density at radius 3 is 2.45 bits per heavy atom. The van der Waals surface area contributed by atoms with Crippen molar-refractivity contribution in [1.29, 1.82) is 0 Å². The molecule has 0 fully saturated rings. The van der Waals surface area contributed by atoms with Gasteiger partial charge < -0.3 is 14.8 Å². The monoisotopic (exact) mass is 448 g/mol. The highest BCUT2D eigenvalue weighted by Gasteiger charge is 2.21. The highest BCUT2D eigenvalue weighted by atomic mass is 32.2. The number of nitrogens with zero attached hydrogens (tertiary/aromatic N) is 1. The molecule has 0 heterocycles. The van der Waals surface area contributed by atoms with E-state index in [-0.39, 0.29) is 18.9 Å². The van der Waals surface area contributed by atoms with Crippen LogP contribution in [0.1, 0.15) is 29.5 Å². The van der Waals surface area contributed by atoms with E-state index in [1.807, 2.05) is 45.0 Å². The van der Waals surface area contributed by atoms with Gasteiger partial charge in [0.2, 0.25) is 15.9 Å². The largest absolute Gasteiger partial charge is 0.495 e. The highest BCUT2D eigenvalue weighted by Crippen LogP contribution is 2.31. The molecule has 0 saturated heterocycles. The fourth-order valence-electron chi connectivity index (χ4n) is 3.09. The topological polar surface area (TPSA) is 84.9 Å². The number of nitrogens with one attached hydrogen (secondary N) is 1. The maximum absolute atomic E-state index is 12.3. The fourth-order valence-corrected chi connectivity index (χ4v) is 4.06. The van der Waals surface area contributed by atoms with Crippen LogP contribution in [-0.2, 0) is 14.8 Å². The predicted molar refractivity (Wildman–Crippen MR) is 124 cm³/mol. The molecule has 2 rings (SSSR count). The van der Waals surface area contributed by atoms with Gasteiger partial charge in [-0.05, 0) is 68.1 Å². The van der Waals surface area contributed by atoms with Gasteiger partial charge in [-0.2, -0.15) is 0 Å². The van der Waals surface area contributed by atoms with Crippen LogP contribution in [0.5, 0.6) is 11.5 Å². The minimum absolute atomic E-state index is 0.145. The number of aryl methyl sites for hydroxylation is 3. The first kappa shape index (κ1) is 24.5. The van der Waals surface area contributed by atoms with Crippen LogP contribution in [0.15, 0.2) is 36.4 Å². The summed E-state index contributed by atoms with van der Waals surface area (Å²) in [6, 6.07) is 11.2. The number of sulfonamides is 1. The number of amides is 1. The minimum atomic E-state index is -3.52. The van der Waals surface area contributed by atoms with Gasteiger partial charge in [0.1, 0.15) is 18.1 Å². The standard InChI is InChI=1S/C23H32N2O5S/c1-17-8-11-22(29-4)21(15-17)25(31(5,27)28)13-6-7-23(26)24-12-14-30-20-10-9-18(2)19(3)16-20/h8-11,15-16H,6-7,12-14H2,1-5H3,(H,24,26). The van der Waals surface area contributed by atoms with E-state index < -0.39 is 10.0 Å². The van der Waals surface area contributed by atoms with Crippen molar-refractivity contribution >= 4 is 21.6 Å². The van der Waals surface area contributed by atoms with Crippen LogP contribution in [0.25, 0.3) is 0 Å². The van der Waals surface area contributed by atoms with E-state index in [1.54, 1.807) is 12.1 Å². The summed E-state index contributed by atoms with van der Waals surface area (Å²) in [5, 5.41) is 2.81. The van der Waals surface area contributed by atoms with E-state index in [9.17, 15) is 13.2 Å². The average Bonchev–Trinajstić information content (AvgIpc) is 2.70. The molecule has 0 aliphatic rings. The third-order valence-electron chi connectivity index (χ3n) is 4.94. The smallest absolute Gasteiger partial charge is 0.232 e. The summed E-state index contributed by atoms with van der Waals surface area (Å²) < 4.78 is 36.9. The van der Waals surface area contributed by atoms with Crippen molar-refractivity contribution in [3.8, 4) is 11.5 Å². The van der Waals surface area contributed by atoms with Crippen LogP contribution in [-0.4, -0.2) is 47.4 Å². The van der Waals surface area contributed by atoms with Crippen molar-refractivity contribution in [2.75, 3.05) is 37.4 Å². The van der Waals surface area contributed by atoms with E-state index in [1.165, 1.54) is 17.0 Å². The first-order valence-electron chi connectivity index (χ1n) is 10.2. The molecule has 0 aliphatic heterocycles. The van der Waals surface area contributed by atoms with Crippen LogP contribution < -0.4 is 19.1 Å². The molecule has 1 amide bonds. The Balaban J connectivity index is 1.83. The first-order valence-corrected chi connectivity index (χ1v) is 12.1. The van der Waals surface area contributed by atoms with Gasteiger partial charge in [-0.15, -0.1) is 0 Å². The second-order valence-corrected chi connectivity index (χ2v) is 9.47. The molecule has 7 nitrogen and oxygen atoms in total. The molecule has 31 heavy (non-hydrogen) atoms. The molecule has 0 saturated carbocycles. The van der Waals surface area contributed by atoms with E-state index in [0.29, 0.717) is 31.0 Å². The molecule has 0 aromatic heterocycles. The molecule has 0 aliphatic carbocycles.